The molecule has 0 aliphatic carbocycles. The Hall–Kier alpha value is -1.26. The van der Waals surface area contributed by atoms with E-state index >= 15 is 0 Å². The summed E-state index contributed by atoms with van der Waals surface area (Å²) in [7, 11) is 0. The van der Waals surface area contributed by atoms with E-state index in [-0.39, 0.29) is 18.3 Å². The van der Waals surface area contributed by atoms with Crippen LogP contribution in [0.5, 0.6) is 5.75 Å². The van der Waals surface area contributed by atoms with E-state index in [4.69, 9.17) is 4.74 Å². The molecule has 0 bridgehead atoms. The van der Waals surface area contributed by atoms with Gasteiger partial charge in [0.25, 0.3) is 0 Å². The fourth-order valence-electron chi connectivity index (χ4n) is 3.06. The average Bonchev–Trinajstić information content (AvgIpc) is 2.51. The van der Waals surface area contributed by atoms with Crippen LogP contribution < -0.4 is 15.4 Å². The molecule has 0 radical (unpaired) electrons. The molecule has 1 heterocycles. The molecule has 1 aromatic rings. The Morgan fingerprint density at radius 1 is 1.48 bits per heavy atom. The molecule has 1 fully saturated rings. The monoisotopic (exact) mass is 340 g/mol. The smallest absolute Gasteiger partial charge is 0.224 e. The number of carbonyl (C=O) groups excluding carboxylic acids is 1. The van der Waals surface area contributed by atoms with Crippen LogP contribution in [0.3, 0.4) is 0 Å². The number of ether oxygens (including phenoxy) is 1. The average molecular weight is 341 g/mol. The number of carbonyl (C=O) groups is 1. The van der Waals surface area contributed by atoms with Crippen molar-refractivity contribution in [3.05, 3.63) is 23.8 Å². The number of rotatable bonds is 6. The summed E-state index contributed by atoms with van der Waals surface area (Å²) >= 11 is 0. The van der Waals surface area contributed by atoms with Crippen LogP contribution in [-0.4, -0.2) is 25.6 Å². The van der Waals surface area contributed by atoms with Crippen LogP contribution in [0.4, 0.5) is 5.69 Å². The second-order valence-electron chi connectivity index (χ2n) is 6.25. The zero-order valence-electron chi connectivity index (χ0n) is 14.4. The van der Waals surface area contributed by atoms with Crippen LogP contribution in [0.2, 0.25) is 0 Å². The third-order valence-electron chi connectivity index (χ3n) is 4.43. The standard InChI is InChI=1S/C18H28N2O2.ClH/c1-4-22-16-7-8-17(14(3)10-16)20-18(21)11-13(2)15-6-5-9-19-12-15;/h7-8,10,13,15,19H,4-6,9,11-12H2,1-3H3,(H,20,21);1H. The number of piperidine rings is 1. The van der Waals surface area contributed by atoms with Crippen molar-refractivity contribution in [3.8, 4) is 5.75 Å². The molecule has 2 unspecified atom stereocenters. The largest absolute Gasteiger partial charge is 0.494 e. The lowest BCUT2D eigenvalue weighted by Crippen LogP contribution is -2.34. The molecular formula is C18H29ClN2O2. The van der Waals surface area contributed by atoms with E-state index in [1.165, 1.54) is 12.8 Å². The second kappa shape index (κ2) is 9.78. The van der Waals surface area contributed by atoms with Crippen molar-refractivity contribution in [2.24, 2.45) is 11.8 Å². The number of halogens is 1. The van der Waals surface area contributed by atoms with Gasteiger partial charge in [0.2, 0.25) is 5.91 Å². The van der Waals surface area contributed by atoms with Gasteiger partial charge in [0.15, 0.2) is 0 Å². The first-order valence-corrected chi connectivity index (χ1v) is 8.34. The van der Waals surface area contributed by atoms with Crippen LogP contribution in [0.25, 0.3) is 0 Å². The van der Waals surface area contributed by atoms with Crippen molar-refractivity contribution in [1.29, 1.82) is 0 Å². The highest BCUT2D eigenvalue weighted by molar-refractivity contribution is 5.91. The summed E-state index contributed by atoms with van der Waals surface area (Å²) in [5, 5.41) is 6.45. The Kier molecular flexibility index (Phi) is 8.42. The lowest BCUT2D eigenvalue weighted by Gasteiger charge is -2.28. The highest BCUT2D eigenvalue weighted by Gasteiger charge is 2.22. The number of benzene rings is 1. The second-order valence-corrected chi connectivity index (χ2v) is 6.25. The molecular weight excluding hydrogens is 312 g/mol. The number of amides is 1. The summed E-state index contributed by atoms with van der Waals surface area (Å²) in [6.45, 7) is 8.94. The van der Waals surface area contributed by atoms with E-state index in [0.29, 0.717) is 24.9 Å². The Bertz CT molecular complexity index is 502. The minimum Gasteiger partial charge on any atom is -0.494 e. The van der Waals surface area contributed by atoms with Gasteiger partial charge in [-0.2, -0.15) is 0 Å². The van der Waals surface area contributed by atoms with Gasteiger partial charge in [-0.25, -0.2) is 0 Å². The van der Waals surface area contributed by atoms with Crippen LogP contribution in [0, 0.1) is 18.8 Å². The highest BCUT2D eigenvalue weighted by atomic mass is 35.5. The van der Waals surface area contributed by atoms with Gasteiger partial charge in [-0.05, 0) is 75.4 Å². The van der Waals surface area contributed by atoms with Gasteiger partial charge in [-0.1, -0.05) is 6.92 Å². The topological polar surface area (TPSA) is 50.4 Å². The van der Waals surface area contributed by atoms with Crippen molar-refractivity contribution >= 4 is 24.0 Å². The van der Waals surface area contributed by atoms with Crippen molar-refractivity contribution in [2.75, 3.05) is 25.0 Å². The molecule has 0 aromatic heterocycles. The van der Waals surface area contributed by atoms with E-state index < -0.39 is 0 Å². The van der Waals surface area contributed by atoms with Gasteiger partial charge in [0.05, 0.1) is 6.61 Å². The number of anilines is 1. The van der Waals surface area contributed by atoms with E-state index in [9.17, 15) is 4.79 Å². The third-order valence-corrected chi connectivity index (χ3v) is 4.43. The minimum atomic E-state index is 0. The number of aryl methyl sites for hydroxylation is 1. The maximum absolute atomic E-state index is 12.3. The predicted octanol–water partition coefficient (Wildman–Crippen LogP) is 3.78. The highest BCUT2D eigenvalue weighted by Crippen LogP contribution is 2.25. The molecule has 0 spiro atoms. The van der Waals surface area contributed by atoms with Gasteiger partial charge in [0, 0.05) is 12.1 Å². The van der Waals surface area contributed by atoms with E-state index in [1.54, 1.807) is 0 Å². The molecule has 1 aromatic carbocycles. The van der Waals surface area contributed by atoms with Crippen LogP contribution >= 0.6 is 12.4 Å². The Morgan fingerprint density at radius 2 is 2.26 bits per heavy atom. The van der Waals surface area contributed by atoms with E-state index in [1.807, 2.05) is 32.0 Å². The summed E-state index contributed by atoms with van der Waals surface area (Å²) in [6, 6.07) is 5.79. The molecule has 23 heavy (non-hydrogen) atoms. The molecule has 1 aliphatic heterocycles. The van der Waals surface area contributed by atoms with Crippen LogP contribution in [-0.2, 0) is 4.79 Å². The zero-order valence-corrected chi connectivity index (χ0v) is 15.2. The SMILES string of the molecule is CCOc1ccc(NC(=O)CC(C)C2CCCNC2)c(C)c1.Cl. The molecule has 1 amide bonds. The number of hydrogen-bond acceptors (Lipinski definition) is 3. The fraction of sp³-hybridized carbons (Fsp3) is 0.611. The first kappa shape index (κ1) is 19.8. The van der Waals surface area contributed by atoms with Crippen molar-refractivity contribution in [3.63, 3.8) is 0 Å². The Morgan fingerprint density at radius 3 is 2.87 bits per heavy atom. The number of nitrogens with one attached hydrogen (secondary N) is 2. The lowest BCUT2D eigenvalue weighted by molar-refractivity contribution is -0.117. The Balaban J connectivity index is 0.00000264. The molecule has 1 saturated heterocycles. The zero-order chi connectivity index (χ0) is 15.9. The summed E-state index contributed by atoms with van der Waals surface area (Å²) in [5.74, 6) is 1.97. The molecule has 130 valence electrons. The summed E-state index contributed by atoms with van der Waals surface area (Å²) in [5.41, 5.74) is 1.91. The van der Waals surface area contributed by atoms with Gasteiger partial charge in [-0.15, -0.1) is 12.4 Å². The van der Waals surface area contributed by atoms with Gasteiger partial charge in [0.1, 0.15) is 5.75 Å². The molecule has 5 heteroatoms. The quantitative estimate of drug-likeness (QED) is 0.828. The molecule has 4 nitrogen and oxygen atoms in total. The third kappa shape index (κ3) is 6.04. The molecule has 1 aliphatic rings. The summed E-state index contributed by atoms with van der Waals surface area (Å²) < 4.78 is 5.47. The lowest BCUT2D eigenvalue weighted by atomic mass is 9.85. The van der Waals surface area contributed by atoms with Crippen molar-refractivity contribution in [2.45, 2.75) is 40.0 Å². The van der Waals surface area contributed by atoms with Gasteiger partial charge >= 0.3 is 0 Å². The summed E-state index contributed by atoms with van der Waals surface area (Å²) in [4.78, 5) is 12.3. The maximum atomic E-state index is 12.3. The first-order chi connectivity index (χ1) is 10.6. The molecule has 2 rings (SSSR count). The van der Waals surface area contributed by atoms with Gasteiger partial charge in [-0.3, -0.25) is 4.79 Å². The molecule has 2 atom stereocenters. The van der Waals surface area contributed by atoms with Crippen LogP contribution in [0.15, 0.2) is 18.2 Å². The minimum absolute atomic E-state index is 0. The predicted molar refractivity (Wildman–Crippen MR) is 97.6 cm³/mol. The molecule has 0 saturated carbocycles. The van der Waals surface area contributed by atoms with Crippen molar-refractivity contribution < 1.29 is 9.53 Å². The molecule has 2 N–H and O–H groups in total. The van der Waals surface area contributed by atoms with Crippen molar-refractivity contribution in [1.82, 2.24) is 5.32 Å². The summed E-state index contributed by atoms with van der Waals surface area (Å²) in [6.07, 6.45) is 3.02. The normalized spacial score (nSPS) is 18.7. The first-order valence-electron chi connectivity index (χ1n) is 8.34. The van der Waals surface area contributed by atoms with Crippen LogP contribution in [0.1, 0.15) is 38.7 Å². The fourth-order valence-corrected chi connectivity index (χ4v) is 3.06. The van der Waals surface area contributed by atoms with E-state index in [2.05, 4.69) is 17.6 Å². The van der Waals surface area contributed by atoms with E-state index in [0.717, 1.165) is 30.1 Å². The number of hydrogen-bond donors (Lipinski definition) is 2. The Labute approximate surface area is 145 Å². The van der Waals surface area contributed by atoms with Gasteiger partial charge < -0.3 is 15.4 Å². The maximum Gasteiger partial charge on any atom is 0.224 e.